The first-order valence-corrected chi connectivity index (χ1v) is 12.1. The predicted molar refractivity (Wildman–Crippen MR) is 128 cm³/mol. The van der Waals surface area contributed by atoms with Gasteiger partial charge in [0.1, 0.15) is 12.6 Å². The minimum atomic E-state index is -1.03. The van der Waals surface area contributed by atoms with Gasteiger partial charge in [0.25, 0.3) is 0 Å². The fourth-order valence-corrected chi connectivity index (χ4v) is 4.96. The molecular formula is C27H32N2O5. The Balaban J connectivity index is 1.34. The number of alkyl carbamates (subject to hydrolysis) is 1. The van der Waals surface area contributed by atoms with Crippen LogP contribution >= 0.6 is 0 Å². The third kappa shape index (κ3) is 4.79. The summed E-state index contributed by atoms with van der Waals surface area (Å²) in [5, 5.41) is 14.9. The van der Waals surface area contributed by atoms with E-state index in [1.807, 2.05) is 31.2 Å². The number of carbonyl (C=O) groups is 3. The number of nitrogens with one attached hydrogen (secondary N) is 2. The minimum absolute atomic E-state index is 0.0333. The molecule has 0 aromatic heterocycles. The van der Waals surface area contributed by atoms with Crippen LogP contribution in [0.2, 0.25) is 0 Å². The standard InChI is InChI=1S/C27H32N2O5/c1-2-3-13-23(24(30)31)29-25(32)27(14-8-15-27)17-28-26(33)34-16-22-20-11-6-4-9-18(20)19-10-5-7-12-21(19)22/h4-7,9-12,22-23H,2-3,8,13-17H2,1H3,(H,28,33)(H,29,32)(H,30,31). The van der Waals surface area contributed by atoms with Gasteiger partial charge in [0.2, 0.25) is 5.91 Å². The van der Waals surface area contributed by atoms with Crippen molar-refractivity contribution in [1.29, 1.82) is 0 Å². The van der Waals surface area contributed by atoms with Gasteiger partial charge in [-0.3, -0.25) is 4.79 Å². The van der Waals surface area contributed by atoms with Crippen LogP contribution in [-0.4, -0.2) is 42.3 Å². The summed E-state index contributed by atoms with van der Waals surface area (Å²) in [6, 6.07) is 15.4. The van der Waals surface area contributed by atoms with Gasteiger partial charge in [-0.25, -0.2) is 9.59 Å². The molecule has 0 radical (unpaired) electrons. The number of hydrogen-bond donors (Lipinski definition) is 3. The lowest BCUT2D eigenvalue weighted by molar-refractivity contribution is -0.145. The highest BCUT2D eigenvalue weighted by molar-refractivity contribution is 5.88. The number of hydrogen-bond acceptors (Lipinski definition) is 4. The molecule has 1 fully saturated rings. The molecule has 0 heterocycles. The molecule has 1 saturated carbocycles. The van der Waals surface area contributed by atoms with Crippen molar-refractivity contribution >= 4 is 18.0 Å². The fourth-order valence-electron chi connectivity index (χ4n) is 4.96. The monoisotopic (exact) mass is 464 g/mol. The fraction of sp³-hybridized carbons (Fsp3) is 0.444. The van der Waals surface area contributed by atoms with E-state index in [4.69, 9.17) is 4.74 Å². The second-order valence-electron chi connectivity index (χ2n) is 9.32. The molecule has 2 aromatic rings. The van der Waals surface area contributed by atoms with E-state index in [-0.39, 0.29) is 25.0 Å². The average molecular weight is 465 g/mol. The molecule has 2 aliphatic rings. The largest absolute Gasteiger partial charge is 0.480 e. The average Bonchev–Trinajstić information content (AvgIpc) is 3.13. The number of unbranched alkanes of at least 4 members (excludes halogenated alkanes) is 1. The van der Waals surface area contributed by atoms with E-state index in [9.17, 15) is 19.5 Å². The summed E-state index contributed by atoms with van der Waals surface area (Å²) >= 11 is 0. The van der Waals surface area contributed by atoms with Crippen molar-refractivity contribution in [1.82, 2.24) is 10.6 Å². The molecule has 0 saturated heterocycles. The molecule has 180 valence electrons. The molecule has 0 aliphatic heterocycles. The van der Waals surface area contributed by atoms with E-state index in [2.05, 4.69) is 34.9 Å². The van der Waals surface area contributed by atoms with E-state index in [0.717, 1.165) is 41.5 Å². The minimum Gasteiger partial charge on any atom is -0.480 e. The van der Waals surface area contributed by atoms with Crippen LogP contribution in [0.25, 0.3) is 11.1 Å². The van der Waals surface area contributed by atoms with Crippen molar-refractivity contribution in [3.8, 4) is 11.1 Å². The summed E-state index contributed by atoms with van der Waals surface area (Å²) in [4.78, 5) is 37.0. The summed E-state index contributed by atoms with van der Waals surface area (Å²) in [5.74, 6) is -1.36. The molecule has 2 aliphatic carbocycles. The van der Waals surface area contributed by atoms with E-state index < -0.39 is 23.5 Å². The summed E-state index contributed by atoms with van der Waals surface area (Å²) in [7, 11) is 0. The molecule has 1 unspecified atom stereocenters. The summed E-state index contributed by atoms with van der Waals surface area (Å²) in [6.07, 6.45) is 3.50. The number of amides is 2. The second-order valence-corrected chi connectivity index (χ2v) is 9.32. The molecule has 2 aromatic carbocycles. The van der Waals surface area contributed by atoms with Gasteiger partial charge in [0.15, 0.2) is 0 Å². The van der Waals surface area contributed by atoms with Crippen molar-refractivity contribution in [3.63, 3.8) is 0 Å². The lowest BCUT2D eigenvalue weighted by Crippen LogP contribution is -2.55. The topological polar surface area (TPSA) is 105 Å². The number of benzene rings is 2. The van der Waals surface area contributed by atoms with E-state index in [0.29, 0.717) is 19.3 Å². The quantitative estimate of drug-likeness (QED) is 0.482. The van der Waals surface area contributed by atoms with Crippen LogP contribution in [0.5, 0.6) is 0 Å². The Bertz CT molecular complexity index is 1020. The van der Waals surface area contributed by atoms with E-state index in [1.165, 1.54) is 0 Å². The molecule has 0 bridgehead atoms. The molecule has 7 nitrogen and oxygen atoms in total. The van der Waals surface area contributed by atoms with Gasteiger partial charge in [-0.1, -0.05) is 74.7 Å². The van der Waals surface area contributed by atoms with Crippen LogP contribution in [0.15, 0.2) is 48.5 Å². The summed E-state index contributed by atoms with van der Waals surface area (Å²) in [6.45, 7) is 2.32. The summed E-state index contributed by atoms with van der Waals surface area (Å²) in [5.41, 5.74) is 3.82. The normalized spacial score (nSPS) is 16.5. The van der Waals surface area contributed by atoms with Crippen LogP contribution in [0.1, 0.15) is 62.5 Å². The van der Waals surface area contributed by atoms with Gasteiger partial charge in [0, 0.05) is 12.5 Å². The molecule has 4 rings (SSSR count). The zero-order valence-corrected chi connectivity index (χ0v) is 19.5. The van der Waals surface area contributed by atoms with Gasteiger partial charge < -0.3 is 20.5 Å². The molecule has 7 heteroatoms. The number of carboxylic acid groups (broad SMARTS) is 1. The highest BCUT2D eigenvalue weighted by Gasteiger charge is 2.45. The molecule has 0 spiro atoms. The van der Waals surface area contributed by atoms with E-state index >= 15 is 0 Å². The predicted octanol–water partition coefficient (Wildman–Crippen LogP) is 4.46. The van der Waals surface area contributed by atoms with Gasteiger partial charge in [-0.05, 0) is 41.5 Å². The third-order valence-corrected chi connectivity index (χ3v) is 7.16. The highest BCUT2D eigenvalue weighted by atomic mass is 16.5. The number of aliphatic carboxylic acids is 1. The van der Waals surface area contributed by atoms with Gasteiger partial charge in [-0.2, -0.15) is 0 Å². The number of fused-ring (bicyclic) bond motifs is 3. The van der Waals surface area contributed by atoms with Crippen molar-refractivity contribution in [2.75, 3.05) is 13.2 Å². The molecule has 34 heavy (non-hydrogen) atoms. The van der Waals surface area contributed by atoms with Crippen LogP contribution in [0.3, 0.4) is 0 Å². The number of carboxylic acids is 1. The van der Waals surface area contributed by atoms with Crippen LogP contribution in [-0.2, 0) is 14.3 Å². The highest BCUT2D eigenvalue weighted by Crippen LogP contribution is 2.44. The SMILES string of the molecule is CCCCC(NC(=O)C1(CNC(=O)OCC2c3ccccc3-c3ccccc32)CCC1)C(=O)O. The molecule has 1 atom stereocenters. The van der Waals surface area contributed by atoms with Gasteiger partial charge in [-0.15, -0.1) is 0 Å². The maximum Gasteiger partial charge on any atom is 0.407 e. The Morgan fingerprint density at radius 1 is 1.06 bits per heavy atom. The first-order valence-electron chi connectivity index (χ1n) is 12.1. The number of ether oxygens (including phenoxy) is 1. The smallest absolute Gasteiger partial charge is 0.407 e. The summed E-state index contributed by atoms with van der Waals surface area (Å²) < 4.78 is 5.58. The van der Waals surface area contributed by atoms with E-state index in [1.54, 1.807) is 0 Å². The molecule has 2 amide bonds. The van der Waals surface area contributed by atoms with Gasteiger partial charge >= 0.3 is 12.1 Å². The Labute approximate surface area is 199 Å². The lowest BCUT2D eigenvalue weighted by atomic mass is 9.68. The van der Waals surface area contributed by atoms with Crippen molar-refractivity contribution < 1.29 is 24.2 Å². The third-order valence-electron chi connectivity index (χ3n) is 7.16. The zero-order chi connectivity index (χ0) is 24.1. The number of rotatable bonds is 10. The maximum atomic E-state index is 12.9. The lowest BCUT2D eigenvalue weighted by Gasteiger charge is -2.40. The Morgan fingerprint density at radius 2 is 1.68 bits per heavy atom. The van der Waals surface area contributed by atoms with Crippen LogP contribution < -0.4 is 10.6 Å². The van der Waals surface area contributed by atoms with Crippen molar-refractivity contribution in [3.05, 3.63) is 59.7 Å². The zero-order valence-electron chi connectivity index (χ0n) is 19.5. The first kappa shape index (κ1) is 23.8. The first-order chi connectivity index (χ1) is 16.4. The molecular weight excluding hydrogens is 432 g/mol. The Hall–Kier alpha value is -3.35. The number of carbonyl (C=O) groups excluding carboxylic acids is 2. The van der Waals surface area contributed by atoms with Crippen LogP contribution in [0, 0.1) is 5.41 Å². The second kappa shape index (κ2) is 10.3. The van der Waals surface area contributed by atoms with Crippen LogP contribution in [0.4, 0.5) is 4.79 Å². The van der Waals surface area contributed by atoms with Gasteiger partial charge in [0.05, 0.1) is 5.41 Å². The maximum absolute atomic E-state index is 12.9. The Kier molecular flexibility index (Phi) is 7.20. The molecule has 3 N–H and O–H groups in total. The van der Waals surface area contributed by atoms with Crippen molar-refractivity contribution in [2.24, 2.45) is 5.41 Å². The van der Waals surface area contributed by atoms with Crippen molar-refractivity contribution in [2.45, 2.75) is 57.4 Å². The Morgan fingerprint density at radius 3 is 2.21 bits per heavy atom.